The van der Waals surface area contributed by atoms with Gasteiger partial charge < -0.3 is 10.1 Å². The van der Waals surface area contributed by atoms with Crippen molar-refractivity contribution < 1.29 is 9.53 Å². The number of carbonyl (C=O) groups excluding carboxylic acids is 1. The van der Waals surface area contributed by atoms with Crippen LogP contribution < -0.4 is 5.32 Å². The normalized spacial score (nSPS) is 10.3. The average molecular weight is 334 g/mol. The highest BCUT2D eigenvalue weighted by atomic mass is 16.5. The molecule has 0 saturated carbocycles. The second-order valence-corrected chi connectivity index (χ2v) is 5.22. The summed E-state index contributed by atoms with van der Waals surface area (Å²) in [7, 11) is 0. The van der Waals surface area contributed by atoms with Crippen LogP contribution in [-0.2, 0) is 9.53 Å². The number of aromatic nitrogens is 3. The molecule has 25 heavy (non-hydrogen) atoms. The van der Waals surface area contributed by atoms with E-state index in [0.717, 1.165) is 11.1 Å². The summed E-state index contributed by atoms with van der Waals surface area (Å²) in [5.74, 6) is 0.640. The number of rotatable bonds is 6. The molecule has 3 aromatic rings. The Hall–Kier alpha value is -3.28. The van der Waals surface area contributed by atoms with Gasteiger partial charge in [0.05, 0.1) is 6.61 Å². The topological polar surface area (TPSA) is 77.0 Å². The minimum Gasteiger partial charge on any atom is -0.465 e. The summed E-state index contributed by atoms with van der Waals surface area (Å²) in [6, 6.07) is 19.2. The fourth-order valence-electron chi connectivity index (χ4n) is 2.32. The quantitative estimate of drug-likeness (QED) is 0.698. The van der Waals surface area contributed by atoms with Gasteiger partial charge in [-0.3, -0.25) is 4.79 Å². The van der Waals surface area contributed by atoms with E-state index < -0.39 is 0 Å². The van der Waals surface area contributed by atoms with Crippen LogP contribution in [0.2, 0.25) is 0 Å². The van der Waals surface area contributed by atoms with Gasteiger partial charge in [-0.25, -0.2) is 4.98 Å². The first-order chi connectivity index (χ1) is 12.3. The van der Waals surface area contributed by atoms with Gasteiger partial charge in [0.1, 0.15) is 12.2 Å². The van der Waals surface area contributed by atoms with Crippen LogP contribution in [0, 0.1) is 0 Å². The van der Waals surface area contributed by atoms with Gasteiger partial charge in [0, 0.05) is 11.1 Å². The molecule has 2 aromatic carbocycles. The number of esters is 1. The van der Waals surface area contributed by atoms with E-state index in [-0.39, 0.29) is 12.5 Å². The lowest BCUT2D eigenvalue weighted by molar-refractivity contribution is -0.140. The molecule has 0 aliphatic carbocycles. The maximum atomic E-state index is 11.7. The van der Waals surface area contributed by atoms with Crippen molar-refractivity contribution in [3.05, 3.63) is 60.7 Å². The van der Waals surface area contributed by atoms with Crippen LogP contribution in [0.15, 0.2) is 60.7 Å². The van der Waals surface area contributed by atoms with Crippen LogP contribution in [0.25, 0.3) is 22.6 Å². The highest BCUT2D eigenvalue weighted by Crippen LogP contribution is 2.25. The molecule has 0 fully saturated rings. The van der Waals surface area contributed by atoms with E-state index in [2.05, 4.69) is 20.5 Å². The van der Waals surface area contributed by atoms with E-state index in [0.29, 0.717) is 23.9 Å². The number of carbonyl (C=O) groups is 1. The molecule has 6 heteroatoms. The number of ether oxygens (including phenoxy) is 1. The minimum atomic E-state index is -0.346. The van der Waals surface area contributed by atoms with Gasteiger partial charge in [0.15, 0.2) is 11.6 Å². The molecule has 0 aliphatic heterocycles. The summed E-state index contributed by atoms with van der Waals surface area (Å²) in [6.45, 7) is 2.12. The molecule has 0 aliphatic rings. The summed E-state index contributed by atoms with van der Waals surface area (Å²) >= 11 is 0. The molecule has 0 radical (unpaired) electrons. The van der Waals surface area contributed by atoms with Gasteiger partial charge in [-0.15, -0.1) is 10.2 Å². The standard InChI is InChI=1S/C19H18N4O2/c1-2-25-16(24)13-20-19-17(14-9-5-3-6-10-14)22-23-18(21-19)15-11-7-4-8-12-15/h3-12H,2,13H2,1H3,(H,20,21,23). The molecule has 1 N–H and O–H groups in total. The van der Waals surface area contributed by atoms with Crippen LogP contribution in [0.3, 0.4) is 0 Å². The Bertz CT molecular complexity index is 839. The number of hydrogen-bond donors (Lipinski definition) is 1. The van der Waals surface area contributed by atoms with E-state index in [9.17, 15) is 4.79 Å². The number of nitrogens with zero attached hydrogens (tertiary/aromatic N) is 3. The van der Waals surface area contributed by atoms with Crippen molar-refractivity contribution in [1.29, 1.82) is 0 Å². The number of nitrogens with one attached hydrogen (secondary N) is 1. The molecule has 0 bridgehead atoms. The molecule has 0 spiro atoms. The molecule has 0 amide bonds. The van der Waals surface area contributed by atoms with Gasteiger partial charge in [-0.1, -0.05) is 60.7 Å². The average Bonchev–Trinajstić information content (AvgIpc) is 2.68. The summed E-state index contributed by atoms with van der Waals surface area (Å²) in [5, 5.41) is 11.6. The summed E-state index contributed by atoms with van der Waals surface area (Å²) in [5.41, 5.74) is 2.31. The first-order valence-electron chi connectivity index (χ1n) is 8.03. The predicted octanol–water partition coefficient (Wildman–Crippen LogP) is 3.18. The molecule has 3 rings (SSSR count). The second-order valence-electron chi connectivity index (χ2n) is 5.22. The third-order valence-corrected chi connectivity index (χ3v) is 3.47. The number of hydrogen-bond acceptors (Lipinski definition) is 6. The van der Waals surface area contributed by atoms with Crippen molar-refractivity contribution in [3.63, 3.8) is 0 Å². The van der Waals surface area contributed by atoms with Crippen molar-refractivity contribution in [2.24, 2.45) is 0 Å². The van der Waals surface area contributed by atoms with Gasteiger partial charge in [-0.05, 0) is 6.92 Å². The molecule has 0 atom stereocenters. The Morgan fingerprint density at radius 3 is 2.24 bits per heavy atom. The lowest BCUT2D eigenvalue weighted by Gasteiger charge is -2.11. The molecular weight excluding hydrogens is 316 g/mol. The maximum absolute atomic E-state index is 11.7. The fraction of sp³-hybridized carbons (Fsp3) is 0.158. The van der Waals surface area contributed by atoms with Crippen molar-refractivity contribution in [2.75, 3.05) is 18.5 Å². The third-order valence-electron chi connectivity index (χ3n) is 3.47. The SMILES string of the molecule is CCOC(=O)CNc1nc(-c2ccccc2)nnc1-c1ccccc1. The van der Waals surface area contributed by atoms with E-state index >= 15 is 0 Å². The molecule has 1 aromatic heterocycles. The fourth-order valence-corrected chi connectivity index (χ4v) is 2.32. The molecule has 126 valence electrons. The summed E-state index contributed by atoms with van der Waals surface area (Å²) in [6.07, 6.45) is 0. The smallest absolute Gasteiger partial charge is 0.325 e. The zero-order valence-corrected chi connectivity index (χ0v) is 13.8. The van der Waals surface area contributed by atoms with Crippen molar-refractivity contribution in [3.8, 4) is 22.6 Å². The Kier molecular flexibility index (Phi) is 5.31. The molecule has 0 unspecified atom stereocenters. The Morgan fingerprint density at radius 1 is 0.960 bits per heavy atom. The van der Waals surface area contributed by atoms with Crippen LogP contribution in [0.1, 0.15) is 6.92 Å². The van der Waals surface area contributed by atoms with Crippen molar-refractivity contribution >= 4 is 11.8 Å². The lowest BCUT2D eigenvalue weighted by Crippen LogP contribution is -2.18. The summed E-state index contributed by atoms with van der Waals surface area (Å²) < 4.78 is 4.96. The molecule has 6 nitrogen and oxygen atoms in total. The van der Waals surface area contributed by atoms with E-state index in [1.54, 1.807) is 6.92 Å². The molecule has 0 saturated heterocycles. The maximum Gasteiger partial charge on any atom is 0.325 e. The Balaban J connectivity index is 1.96. The van der Waals surface area contributed by atoms with E-state index in [1.807, 2.05) is 60.7 Å². The molecule has 1 heterocycles. The highest BCUT2D eigenvalue weighted by molar-refractivity contribution is 5.78. The first-order valence-corrected chi connectivity index (χ1v) is 8.03. The first kappa shape index (κ1) is 16.6. The van der Waals surface area contributed by atoms with Crippen molar-refractivity contribution in [2.45, 2.75) is 6.92 Å². The van der Waals surface area contributed by atoms with Crippen LogP contribution in [-0.4, -0.2) is 34.3 Å². The van der Waals surface area contributed by atoms with Gasteiger partial charge >= 0.3 is 5.97 Å². The number of benzene rings is 2. The van der Waals surface area contributed by atoms with Crippen LogP contribution in [0.5, 0.6) is 0 Å². The van der Waals surface area contributed by atoms with Crippen LogP contribution in [0.4, 0.5) is 5.82 Å². The van der Waals surface area contributed by atoms with Gasteiger partial charge in [-0.2, -0.15) is 0 Å². The summed E-state index contributed by atoms with van der Waals surface area (Å²) in [4.78, 5) is 16.2. The Morgan fingerprint density at radius 2 is 1.60 bits per heavy atom. The second kappa shape index (κ2) is 8.01. The molecular formula is C19H18N4O2. The number of anilines is 1. The monoisotopic (exact) mass is 334 g/mol. The predicted molar refractivity (Wildman–Crippen MR) is 95.8 cm³/mol. The largest absolute Gasteiger partial charge is 0.465 e. The van der Waals surface area contributed by atoms with Crippen molar-refractivity contribution in [1.82, 2.24) is 15.2 Å². The Labute approximate surface area is 145 Å². The van der Waals surface area contributed by atoms with Gasteiger partial charge in [0.2, 0.25) is 0 Å². The lowest BCUT2D eigenvalue weighted by atomic mass is 10.1. The van der Waals surface area contributed by atoms with Crippen LogP contribution >= 0.6 is 0 Å². The zero-order chi connectivity index (χ0) is 17.5. The highest BCUT2D eigenvalue weighted by Gasteiger charge is 2.13. The van der Waals surface area contributed by atoms with Gasteiger partial charge in [0.25, 0.3) is 0 Å². The third kappa shape index (κ3) is 4.17. The zero-order valence-electron chi connectivity index (χ0n) is 13.8. The van der Waals surface area contributed by atoms with E-state index in [1.165, 1.54) is 0 Å². The van der Waals surface area contributed by atoms with E-state index in [4.69, 9.17) is 4.74 Å². The minimum absolute atomic E-state index is 0.0145.